The number of Topliss-reactive ketones (excluding diaryl/α,β-unsaturated/α-hetero) is 1. The topological polar surface area (TPSA) is 86.6 Å². The molecule has 62 heavy (non-hydrogen) atoms. The number of rotatable bonds is 25. The lowest BCUT2D eigenvalue weighted by molar-refractivity contribution is 0.0734. The van der Waals surface area contributed by atoms with E-state index in [1.54, 1.807) is 30.6 Å². The number of fused-ring (bicyclic) bond motifs is 1. The second-order valence-electron chi connectivity index (χ2n) is 15.8. The van der Waals surface area contributed by atoms with Crippen molar-refractivity contribution in [1.82, 2.24) is 0 Å². The Morgan fingerprint density at radius 1 is 0.468 bits per heavy atom. The SMILES string of the molecule is CCCCCCCCOc1ccc(N=Cc2ccc(C(=O)Cc3ccc4ccc(OC(=O)c5ccc(C=Nc6ccc(OCCCCCCCC)cc6)cc5)cc4c3)cc2)cc1. The largest absolute Gasteiger partial charge is 0.494 e. The highest BCUT2D eigenvalue weighted by Gasteiger charge is 2.11. The Kier molecular flexibility index (Phi) is 18.1. The summed E-state index contributed by atoms with van der Waals surface area (Å²) in [6, 6.07) is 41.7. The predicted molar refractivity (Wildman–Crippen MR) is 255 cm³/mol. The van der Waals surface area contributed by atoms with Gasteiger partial charge >= 0.3 is 5.97 Å². The van der Waals surface area contributed by atoms with E-state index < -0.39 is 5.97 Å². The molecule has 0 radical (unpaired) electrons. The molecule has 6 aromatic carbocycles. The molecule has 0 bridgehead atoms. The summed E-state index contributed by atoms with van der Waals surface area (Å²) in [5, 5.41) is 1.87. The van der Waals surface area contributed by atoms with Gasteiger partial charge in [0, 0.05) is 24.4 Å². The molecule has 0 amide bonds. The maximum atomic E-state index is 13.3. The number of hydrogen-bond donors (Lipinski definition) is 0. The Bertz CT molecular complexity index is 2180. The molecule has 0 spiro atoms. The van der Waals surface area contributed by atoms with E-state index in [1.807, 2.05) is 115 Å². The molecule has 0 aliphatic carbocycles. The maximum absolute atomic E-state index is 13.3. The fraction of sp³-hybridized carbons (Fsp3) is 0.309. The lowest BCUT2D eigenvalue weighted by atomic mass is 9.99. The molecule has 7 heteroatoms. The molecule has 0 unspecified atom stereocenters. The van der Waals surface area contributed by atoms with Gasteiger partial charge in [-0.1, -0.05) is 139 Å². The van der Waals surface area contributed by atoms with Crippen LogP contribution in [0, 0.1) is 0 Å². The minimum atomic E-state index is -0.453. The summed E-state index contributed by atoms with van der Waals surface area (Å²) in [7, 11) is 0. The number of aliphatic imine (C=N–C) groups is 2. The van der Waals surface area contributed by atoms with Crippen LogP contribution >= 0.6 is 0 Å². The summed E-state index contributed by atoms with van der Waals surface area (Å²) in [4.78, 5) is 35.6. The number of hydrogen-bond acceptors (Lipinski definition) is 7. The zero-order valence-electron chi connectivity index (χ0n) is 36.4. The van der Waals surface area contributed by atoms with Crippen molar-refractivity contribution in [1.29, 1.82) is 0 Å². The first-order valence-corrected chi connectivity index (χ1v) is 22.5. The molecular formula is C55H60N2O5. The van der Waals surface area contributed by atoms with Crippen molar-refractivity contribution < 1.29 is 23.8 Å². The van der Waals surface area contributed by atoms with Gasteiger partial charge < -0.3 is 14.2 Å². The van der Waals surface area contributed by atoms with Crippen LogP contribution in [0.5, 0.6) is 17.2 Å². The molecule has 0 aromatic heterocycles. The first kappa shape index (κ1) is 45.2. The average molecular weight is 829 g/mol. The average Bonchev–Trinajstić information content (AvgIpc) is 3.30. The lowest BCUT2D eigenvalue weighted by Gasteiger charge is -2.08. The van der Waals surface area contributed by atoms with E-state index in [0.29, 0.717) is 16.9 Å². The predicted octanol–water partition coefficient (Wildman–Crippen LogP) is 14.5. The highest BCUT2D eigenvalue weighted by atomic mass is 16.5. The van der Waals surface area contributed by atoms with Crippen molar-refractivity contribution in [3.8, 4) is 17.2 Å². The summed E-state index contributed by atoms with van der Waals surface area (Å²) in [5.41, 5.74) is 5.37. The van der Waals surface area contributed by atoms with Gasteiger partial charge in [-0.05, 0) is 113 Å². The lowest BCUT2D eigenvalue weighted by Crippen LogP contribution is -2.08. The van der Waals surface area contributed by atoms with Crippen LogP contribution in [0.3, 0.4) is 0 Å². The van der Waals surface area contributed by atoms with E-state index in [0.717, 1.165) is 76.4 Å². The van der Waals surface area contributed by atoms with Crippen LogP contribution in [-0.2, 0) is 6.42 Å². The van der Waals surface area contributed by atoms with Gasteiger partial charge in [-0.25, -0.2) is 4.79 Å². The van der Waals surface area contributed by atoms with Crippen molar-refractivity contribution in [2.45, 2.75) is 97.3 Å². The van der Waals surface area contributed by atoms with E-state index in [-0.39, 0.29) is 12.2 Å². The third-order valence-corrected chi connectivity index (χ3v) is 10.8. The molecule has 6 rings (SSSR count). The van der Waals surface area contributed by atoms with Gasteiger partial charge in [-0.3, -0.25) is 14.8 Å². The molecule has 0 atom stereocenters. The van der Waals surface area contributed by atoms with E-state index in [9.17, 15) is 9.59 Å². The number of benzene rings is 6. The summed E-state index contributed by atoms with van der Waals surface area (Å²) in [6.07, 6.45) is 18.7. The van der Waals surface area contributed by atoms with Gasteiger partial charge in [0.15, 0.2) is 5.78 Å². The van der Waals surface area contributed by atoms with Gasteiger partial charge in [-0.2, -0.15) is 0 Å². The molecule has 0 aliphatic heterocycles. The van der Waals surface area contributed by atoms with E-state index in [1.165, 1.54) is 64.2 Å². The van der Waals surface area contributed by atoms with Crippen LogP contribution in [0.2, 0.25) is 0 Å². The number of ether oxygens (including phenoxy) is 3. The number of unbranched alkanes of at least 4 members (excludes halogenated alkanes) is 10. The summed E-state index contributed by atoms with van der Waals surface area (Å²) in [5.74, 6) is 1.71. The number of nitrogens with zero attached hydrogens (tertiary/aromatic N) is 2. The zero-order chi connectivity index (χ0) is 43.2. The number of carbonyl (C=O) groups excluding carboxylic acids is 2. The molecule has 0 fully saturated rings. The summed E-state index contributed by atoms with van der Waals surface area (Å²) >= 11 is 0. The minimum absolute atomic E-state index is 0.0158. The van der Waals surface area contributed by atoms with Crippen molar-refractivity contribution >= 4 is 46.3 Å². The molecule has 0 aliphatic rings. The van der Waals surface area contributed by atoms with Gasteiger partial charge in [0.1, 0.15) is 17.2 Å². The summed E-state index contributed by atoms with van der Waals surface area (Å²) < 4.78 is 17.5. The van der Waals surface area contributed by atoms with E-state index >= 15 is 0 Å². The van der Waals surface area contributed by atoms with Crippen LogP contribution in [-0.4, -0.2) is 37.4 Å². The van der Waals surface area contributed by atoms with Crippen LogP contribution in [0.15, 0.2) is 143 Å². The Balaban J connectivity index is 0.948. The van der Waals surface area contributed by atoms with Crippen LogP contribution < -0.4 is 14.2 Å². The Morgan fingerprint density at radius 2 is 0.935 bits per heavy atom. The highest BCUT2D eigenvalue weighted by Crippen LogP contribution is 2.25. The van der Waals surface area contributed by atoms with Crippen molar-refractivity contribution in [3.05, 3.63) is 161 Å². The molecule has 0 N–H and O–H groups in total. The first-order chi connectivity index (χ1) is 30.4. The van der Waals surface area contributed by atoms with Crippen LogP contribution in [0.1, 0.15) is 128 Å². The molecule has 320 valence electrons. The minimum Gasteiger partial charge on any atom is -0.494 e. The van der Waals surface area contributed by atoms with Crippen molar-refractivity contribution in [2.24, 2.45) is 9.98 Å². The zero-order valence-corrected chi connectivity index (χ0v) is 36.4. The van der Waals surface area contributed by atoms with Gasteiger partial charge in [0.25, 0.3) is 0 Å². The van der Waals surface area contributed by atoms with Gasteiger partial charge in [0.05, 0.1) is 30.2 Å². The number of ketones is 1. The normalized spacial score (nSPS) is 11.4. The molecular weight excluding hydrogens is 769 g/mol. The first-order valence-electron chi connectivity index (χ1n) is 22.5. The van der Waals surface area contributed by atoms with E-state index in [2.05, 4.69) is 23.8 Å². The fourth-order valence-corrected chi connectivity index (χ4v) is 7.06. The third-order valence-electron chi connectivity index (χ3n) is 10.8. The van der Waals surface area contributed by atoms with Gasteiger partial charge in [-0.15, -0.1) is 0 Å². The Labute approximate surface area is 367 Å². The van der Waals surface area contributed by atoms with E-state index in [4.69, 9.17) is 14.2 Å². The molecule has 0 saturated heterocycles. The second kappa shape index (κ2) is 24.8. The second-order valence-corrected chi connectivity index (χ2v) is 15.8. The smallest absolute Gasteiger partial charge is 0.343 e. The quantitative estimate of drug-likeness (QED) is 0.0189. The highest BCUT2D eigenvalue weighted by molar-refractivity contribution is 5.99. The monoisotopic (exact) mass is 828 g/mol. The Morgan fingerprint density at radius 3 is 1.47 bits per heavy atom. The van der Waals surface area contributed by atoms with Gasteiger partial charge in [0.2, 0.25) is 0 Å². The fourth-order valence-electron chi connectivity index (χ4n) is 7.06. The van der Waals surface area contributed by atoms with Crippen LogP contribution in [0.25, 0.3) is 10.8 Å². The van der Waals surface area contributed by atoms with Crippen molar-refractivity contribution in [3.63, 3.8) is 0 Å². The number of carbonyl (C=O) groups is 2. The Hall–Kier alpha value is -6.34. The maximum Gasteiger partial charge on any atom is 0.343 e. The molecule has 7 nitrogen and oxygen atoms in total. The molecule has 6 aromatic rings. The third kappa shape index (κ3) is 15.0. The van der Waals surface area contributed by atoms with Crippen molar-refractivity contribution in [2.75, 3.05) is 13.2 Å². The standard InChI is InChI=1S/C55H60N2O5/c1-3-5-7-9-11-13-35-60-51-31-26-49(27-32-51)56-40-42-15-21-46(22-16-42)54(58)38-44-19-20-45-25-30-53(39-48(45)37-44)62-55(59)47-23-17-43(18-24-47)41-57-50-28-33-52(34-29-50)61-36-14-12-10-8-6-4-2/h15-34,37,39-41H,3-14,35-36,38H2,1-2H3. The number of esters is 1. The van der Waals surface area contributed by atoms with Crippen LogP contribution in [0.4, 0.5) is 11.4 Å². The summed E-state index contributed by atoms with van der Waals surface area (Å²) in [6.45, 7) is 5.93. The molecule has 0 heterocycles. The molecule has 0 saturated carbocycles.